The van der Waals surface area contributed by atoms with Gasteiger partial charge in [0, 0.05) is 36.7 Å². The van der Waals surface area contributed by atoms with Crippen LogP contribution >= 0.6 is 0 Å². The van der Waals surface area contributed by atoms with Crippen LogP contribution in [0.5, 0.6) is 0 Å². The van der Waals surface area contributed by atoms with Crippen LogP contribution in [-0.2, 0) is 4.79 Å². The van der Waals surface area contributed by atoms with Crippen LogP contribution in [0, 0.1) is 18.7 Å². The molecule has 1 N–H and O–H groups in total. The number of carbonyl (C=O) groups excluding carboxylic acids is 2. The highest BCUT2D eigenvalue weighted by Gasteiger charge is 2.30. The lowest BCUT2D eigenvalue weighted by Crippen LogP contribution is -2.31. The van der Waals surface area contributed by atoms with Gasteiger partial charge in [0.1, 0.15) is 5.82 Å². The lowest BCUT2D eigenvalue weighted by Gasteiger charge is -2.17. The maximum Gasteiger partial charge on any atom is 0.251 e. The first-order chi connectivity index (χ1) is 11.5. The van der Waals surface area contributed by atoms with Gasteiger partial charge < -0.3 is 10.2 Å². The third-order valence-corrected chi connectivity index (χ3v) is 4.19. The summed E-state index contributed by atoms with van der Waals surface area (Å²) < 4.78 is 13.2. The molecule has 2 aromatic carbocycles. The van der Waals surface area contributed by atoms with Crippen molar-refractivity contribution in [3.63, 3.8) is 0 Å². The molecule has 1 fully saturated rings. The lowest BCUT2D eigenvalue weighted by atomic mass is 10.1. The standard InChI is InChI=1S/C19H19FN2O2/c1-13-5-7-17(8-6-13)22-12-14(9-18(22)23)11-21-19(24)15-3-2-4-16(20)10-15/h2-8,10,14H,9,11-12H2,1H3,(H,21,24). The summed E-state index contributed by atoms with van der Waals surface area (Å²) in [5, 5.41) is 2.79. The van der Waals surface area contributed by atoms with Gasteiger partial charge in [-0.3, -0.25) is 9.59 Å². The Kier molecular flexibility index (Phi) is 4.60. The molecule has 2 amide bonds. The Hall–Kier alpha value is -2.69. The third-order valence-electron chi connectivity index (χ3n) is 4.19. The zero-order chi connectivity index (χ0) is 17.1. The van der Waals surface area contributed by atoms with Gasteiger partial charge in [0.2, 0.25) is 5.91 Å². The number of anilines is 1. The van der Waals surface area contributed by atoms with E-state index >= 15 is 0 Å². The third kappa shape index (κ3) is 3.62. The van der Waals surface area contributed by atoms with Gasteiger partial charge in [0.25, 0.3) is 5.91 Å². The molecule has 3 rings (SSSR count). The van der Waals surface area contributed by atoms with E-state index in [9.17, 15) is 14.0 Å². The van der Waals surface area contributed by atoms with Crippen molar-refractivity contribution in [3.8, 4) is 0 Å². The summed E-state index contributed by atoms with van der Waals surface area (Å²) in [5.41, 5.74) is 2.31. The first-order valence-electron chi connectivity index (χ1n) is 7.94. The molecule has 1 saturated heterocycles. The predicted molar refractivity (Wildman–Crippen MR) is 90.4 cm³/mol. The average Bonchev–Trinajstić information content (AvgIpc) is 2.94. The minimum Gasteiger partial charge on any atom is -0.352 e. The van der Waals surface area contributed by atoms with Crippen LogP contribution in [0.25, 0.3) is 0 Å². The minimum absolute atomic E-state index is 0.0521. The van der Waals surface area contributed by atoms with Crippen LogP contribution in [0.15, 0.2) is 48.5 Å². The maximum absolute atomic E-state index is 13.2. The molecule has 0 radical (unpaired) electrons. The minimum atomic E-state index is -0.441. The van der Waals surface area contributed by atoms with Crippen LogP contribution in [0.2, 0.25) is 0 Å². The van der Waals surface area contributed by atoms with Gasteiger partial charge in [-0.2, -0.15) is 0 Å². The van der Waals surface area contributed by atoms with Crippen molar-refractivity contribution < 1.29 is 14.0 Å². The highest BCUT2D eigenvalue weighted by Crippen LogP contribution is 2.25. The maximum atomic E-state index is 13.2. The average molecular weight is 326 g/mol. The topological polar surface area (TPSA) is 49.4 Å². The molecule has 0 spiro atoms. The summed E-state index contributed by atoms with van der Waals surface area (Å²) in [7, 11) is 0. The quantitative estimate of drug-likeness (QED) is 0.939. The molecule has 1 aliphatic heterocycles. The zero-order valence-electron chi connectivity index (χ0n) is 13.5. The van der Waals surface area contributed by atoms with E-state index in [0.717, 1.165) is 11.3 Å². The van der Waals surface area contributed by atoms with E-state index in [0.29, 0.717) is 19.5 Å². The van der Waals surface area contributed by atoms with E-state index in [1.807, 2.05) is 31.2 Å². The Bertz CT molecular complexity index is 758. The van der Waals surface area contributed by atoms with Gasteiger partial charge in [-0.1, -0.05) is 23.8 Å². The van der Waals surface area contributed by atoms with E-state index in [-0.39, 0.29) is 23.3 Å². The van der Waals surface area contributed by atoms with E-state index in [2.05, 4.69) is 5.32 Å². The Balaban J connectivity index is 1.58. The Morgan fingerprint density at radius 1 is 1.25 bits per heavy atom. The fraction of sp³-hybridized carbons (Fsp3) is 0.263. The highest BCUT2D eigenvalue weighted by molar-refractivity contribution is 5.96. The SMILES string of the molecule is Cc1ccc(N2CC(CNC(=O)c3cccc(F)c3)CC2=O)cc1. The predicted octanol–water partition coefficient (Wildman–Crippen LogP) is 2.92. The fourth-order valence-electron chi connectivity index (χ4n) is 2.86. The molecule has 5 heteroatoms. The summed E-state index contributed by atoms with van der Waals surface area (Å²) in [6, 6.07) is 13.4. The molecule has 1 atom stereocenters. The van der Waals surface area contributed by atoms with E-state index in [1.165, 1.54) is 18.2 Å². The van der Waals surface area contributed by atoms with Gasteiger partial charge in [-0.05, 0) is 37.3 Å². The van der Waals surface area contributed by atoms with Crippen molar-refractivity contribution in [1.82, 2.24) is 5.32 Å². The second-order valence-electron chi connectivity index (χ2n) is 6.13. The fourth-order valence-corrected chi connectivity index (χ4v) is 2.86. The number of nitrogens with zero attached hydrogens (tertiary/aromatic N) is 1. The molecule has 0 aromatic heterocycles. The summed E-state index contributed by atoms with van der Waals surface area (Å²) in [4.78, 5) is 26.0. The molecule has 0 aliphatic carbocycles. The number of hydrogen-bond acceptors (Lipinski definition) is 2. The molecule has 2 aromatic rings. The first kappa shape index (κ1) is 16.2. The first-order valence-corrected chi connectivity index (χ1v) is 7.94. The van der Waals surface area contributed by atoms with Crippen molar-refractivity contribution in [2.45, 2.75) is 13.3 Å². The largest absolute Gasteiger partial charge is 0.352 e. The summed E-state index contributed by atoms with van der Waals surface area (Å²) in [5.74, 6) is -0.653. The van der Waals surface area contributed by atoms with Crippen molar-refractivity contribution in [3.05, 3.63) is 65.5 Å². The molecule has 0 bridgehead atoms. The van der Waals surface area contributed by atoms with Gasteiger partial charge in [-0.15, -0.1) is 0 Å². The number of hydrogen-bond donors (Lipinski definition) is 1. The normalized spacial score (nSPS) is 17.2. The lowest BCUT2D eigenvalue weighted by molar-refractivity contribution is -0.117. The number of aryl methyl sites for hydroxylation is 1. The Morgan fingerprint density at radius 2 is 2.00 bits per heavy atom. The van der Waals surface area contributed by atoms with Crippen LogP contribution in [-0.4, -0.2) is 24.9 Å². The van der Waals surface area contributed by atoms with Crippen molar-refractivity contribution in [2.24, 2.45) is 5.92 Å². The number of nitrogens with one attached hydrogen (secondary N) is 1. The van der Waals surface area contributed by atoms with Crippen LogP contribution in [0.3, 0.4) is 0 Å². The second-order valence-corrected chi connectivity index (χ2v) is 6.13. The zero-order valence-corrected chi connectivity index (χ0v) is 13.5. The summed E-state index contributed by atoms with van der Waals surface area (Å²) in [6.07, 6.45) is 0.400. The smallest absolute Gasteiger partial charge is 0.251 e. The van der Waals surface area contributed by atoms with Crippen molar-refractivity contribution >= 4 is 17.5 Å². The van der Waals surface area contributed by atoms with Gasteiger partial charge >= 0.3 is 0 Å². The molecular weight excluding hydrogens is 307 g/mol. The molecule has 24 heavy (non-hydrogen) atoms. The van der Waals surface area contributed by atoms with E-state index in [1.54, 1.807) is 11.0 Å². The number of benzene rings is 2. The number of amides is 2. The second kappa shape index (κ2) is 6.83. The van der Waals surface area contributed by atoms with Crippen LogP contribution in [0.4, 0.5) is 10.1 Å². The molecule has 1 aliphatic rings. The van der Waals surface area contributed by atoms with Crippen molar-refractivity contribution in [1.29, 1.82) is 0 Å². The number of rotatable bonds is 4. The van der Waals surface area contributed by atoms with Gasteiger partial charge in [0.05, 0.1) is 0 Å². The van der Waals surface area contributed by atoms with Crippen LogP contribution in [0.1, 0.15) is 22.3 Å². The molecule has 1 unspecified atom stereocenters. The van der Waals surface area contributed by atoms with Crippen LogP contribution < -0.4 is 10.2 Å². The summed E-state index contributed by atoms with van der Waals surface area (Å²) >= 11 is 0. The van der Waals surface area contributed by atoms with Gasteiger partial charge in [0.15, 0.2) is 0 Å². The monoisotopic (exact) mass is 326 g/mol. The Labute approximate surface area is 140 Å². The van der Waals surface area contributed by atoms with Crippen molar-refractivity contribution in [2.75, 3.05) is 18.0 Å². The molecule has 0 saturated carbocycles. The molecular formula is C19H19FN2O2. The number of halogens is 1. The molecule has 4 nitrogen and oxygen atoms in total. The Morgan fingerprint density at radius 3 is 2.71 bits per heavy atom. The summed E-state index contributed by atoms with van der Waals surface area (Å²) in [6.45, 7) is 2.97. The van der Waals surface area contributed by atoms with E-state index in [4.69, 9.17) is 0 Å². The van der Waals surface area contributed by atoms with E-state index < -0.39 is 5.82 Å². The molecule has 1 heterocycles. The highest BCUT2D eigenvalue weighted by atomic mass is 19.1. The number of carbonyl (C=O) groups is 2. The molecule has 124 valence electrons. The van der Waals surface area contributed by atoms with Gasteiger partial charge in [-0.25, -0.2) is 4.39 Å².